The van der Waals surface area contributed by atoms with Crippen LogP contribution in [0.2, 0.25) is 0 Å². The van der Waals surface area contributed by atoms with E-state index in [1.54, 1.807) is 0 Å². The van der Waals surface area contributed by atoms with Crippen molar-refractivity contribution in [2.45, 2.75) is 57.9 Å². The van der Waals surface area contributed by atoms with E-state index in [-0.39, 0.29) is 5.91 Å². The SMILES string of the molecule is CC[C@H]1CC[C@@H](C)N(C(=O)c2ccc(-c3n[nH]c(C4CC4)n3)cc2)C1. The second kappa shape index (κ2) is 6.62. The Balaban J connectivity index is 1.49. The summed E-state index contributed by atoms with van der Waals surface area (Å²) in [6, 6.07) is 8.06. The highest BCUT2D eigenvalue weighted by Gasteiger charge is 2.29. The van der Waals surface area contributed by atoms with E-state index in [0.717, 1.165) is 42.2 Å². The second-order valence-electron chi connectivity index (χ2n) is 7.55. The third kappa shape index (κ3) is 3.32. The zero-order valence-electron chi connectivity index (χ0n) is 15.0. The molecule has 1 aliphatic carbocycles. The van der Waals surface area contributed by atoms with Gasteiger partial charge in [-0.3, -0.25) is 9.89 Å². The molecular formula is C20H26N4O. The molecule has 1 aromatic carbocycles. The highest BCUT2D eigenvalue weighted by atomic mass is 16.2. The molecule has 5 nitrogen and oxygen atoms in total. The Kier molecular flexibility index (Phi) is 4.32. The van der Waals surface area contributed by atoms with Crippen molar-refractivity contribution in [3.63, 3.8) is 0 Å². The number of nitrogens with one attached hydrogen (secondary N) is 1. The van der Waals surface area contributed by atoms with Gasteiger partial charge >= 0.3 is 0 Å². The van der Waals surface area contributed by atoms with Crippen molar-refractivity contribution in [1.82, 2.24) is 20.1 Å². The monoisotopic (exact) mass is 338 g/mol. The summed E-state index contributed by atoms with van der Waals surface area (Å²) in [6.45, 7) is 5.25. The standard InChI is InChI=1S/C20H26N4O/c1-3-14-5-4-13(2)24(12-14)20(25)17-10-8-16(9-11-17)19-21-18(22-23-19)15-6-7-15/h8-11,13-15H,3-7,12H2,1-2H3,(H,21,22,23)/t13-,14+/m1/s1. The number of amides is 1. The lowest BCUT2D eigenvalue weighted by Crippen LogP contribution is -2.45. The van der Waals surface area contributed by atoms with Crippen LogP contribution in [-0.4, -0.2) is 38.6 Å². The first kappa shape index (κ1) is 16.3. The fourth-order valence-corrected chi connectivity index (χ4v) is 3.67. The summed E-state index contributed by atoms with van der Waals surface area (Å²) in [7, 11) is 0. The van der Waals surface area contributed by atoms with Crippen LogP contribution in [0.15, 0.2) is 24.3 Å². The van der Waals surface area contributed by atoms with Crippen molar-refractivity contribution >= 4 is 5.91 Å². The number of H-pyrrole nitrogens is 1. The number of piperidine rings is 1. The molecule has 2 aromatic rings. The third-order valence-electron chi connectivity index (χ3n) is 5.67. The van der Waals surface area contributed by atoms with Gasteiger partial charge in [0, 0.05) is 29.6 Å². The molecule has 4 rings (SSSR count). The van der Waals surface area contributed by atoms with Crippen LogP contribution in [0.5, 0.6) is 0 Å². The zero-order valence-corrected chi connectivity index (χ0v) is 15.0. The maximum absolute atomic E-state index is 12.9. The van der Waals surface area contributed by atoms with Crippen LogP contribution in [0, 0.1) is 5.92 Å². The molecule has 1 saturated carbocycles. The molecule has 1 amide bonds. The Bertz CT molecular complexity index is 747. The predicted molar refractivity (Wildman–Crippen MR) is 97.3 cm³/mol. The summed E-state index contributed by atoms with van der Waals surface area (Å²) < 4.78 is 0. The number of likely N-dealkylation sites (tertiary alicyclic amines) is 1. The first-order valence-corrected chi connectivity index (χ1v) is 9.49. The minimum Gasteiger partial charge on any atom is -0.336 e. The Morgan fingerprint density at radius 2 is 1.96 bits per heavy atom. The number of aromatic nitrogens is 3. The second-order valence-corrected chi connectivity index (χ2v) is 7.55. The molecule has 2 atom stereocenters. The summed E-state index contributed by atoms with van der Waals surface area (Å²) in [5.74, 6) is 3.05. The molecule has 1 aliphatic heterocycles. The molecule has 0 unspecified atom stereocenters. The lowest BCUT2D eigenvalue weighted by Gasteiger charge is -2.38. The van der Waals surface area contributed by atoms with Gasteiger partial charge in [-0.2, -0.15) is 5.10 Å². The Labute approximate surface area is 148 Å². The van der Waals surface area contributed by atoms with Crippen molar-refractivity contribution < 1.29 is 4.79 Å². The maximum Gasteiger partial charge on any atom is 0.254 e. The molecule has 25 heavy (non-hydrogen) atoms. The summed E-state index contributed by atoms with van der Waals surface area (Å²) in [5, 5.41) is 7.35. The smallest absolute Gasteiger partial charge is 0.254 e. The van der Waals surface area contributed by atoms with Crippen molar-refractivity contribution in [1.29, 1.82) is 0 Å². The molecule has 1 saturated heterocycles. The van der Waals surface area contributed by atoms with Crippen molar-refractivity contribution in [3.05, 3.63) is 35.7 Å². The van der Waals surface area contributed by atoms with Crippen molar-refractivity contribution in [3.8, 4) is 11.4 Å². The molecule has 0 radical (unpaired) electrons. The first-order chi connectivity index (χ1) is 12.2. The topological polar surface area (TPSA) is 61.9 Å². The van der Waals surface area contributed by atoms with Crippen molar-refractivity contribution in [2.24, 2.45) is 5.92 Å². The molecule has 2 fully saturated rings. The summed E-state index contributed by atoms with van der Waals surface area (Å²) in [6.07, 6.45) is 5.88. The van der Waals surface area contributed by atoms with Gasteiger partial charge in [0.25, 0.3) is 5.91 Å². The average Bonchev–Trinajstić information content (AvgIpc) is 3.39. The van der Waals surface area contributed by atoms with Crippen LogP contribution in [-0.2, 0) is 0 Å². The van der Waals surface area contributed by atoms with Crippen LogP contribution in [0.3, 0.4) is 0 Å². The Hall–Kier alpha value is -2.17. The molecule has 2 aliphatic rings. The maximum atomic E-state index is 12.9. The van der Waals surface area contributed by atoms with E-state index >= 15 is 0 Å². The Morgan fingerprint density at radius 1 is 1.20 bits per heavy atom. The highest BCUT2D eigenvalue weighted by molar-refractivity contribution is 5.94. The quantitative estimate of drug-likeness (QED) is 0.916. The van der Waals surface area contributed by atoms with Crippen LogP contribution >= 0.6 is 0 Å². The van der Waals surface area contributed by atoms with Gasteiger partial charge < -0.3 is 4.90 Å². The van der Waals surface area contributed by atoms with Gasteiger partial charge in [0.2, 0.25) is 0 Å². The summed E-state index contributed by atoms with van der Waals surface area (Å²) >= 11 is 0. The lowest BCUT2D eigenvalue weighted by molar-refractivity contribution is 0.0556. The molecule has 1 N–H and O–H groups in total. The highest BCUT2D eigenvalue weighted by Crippen LogP contribution is 2.38. The van der Waals surface area contributed by atoms with Crippen molar-refractivity contribution in [2.75, 3.05) is 6.54 Å². The first-order valence-electron chi connectivity index (χ1n) is 9.49. The molecule has 1 aromatic heterocycles. The van der Waals surface area contributed by atoms with Crippen LogP contribution in [0.1, 0.15) is 68.1 Å². The molecule has 5 heteroatoms. The number of hydrogen-bond acceptors (Lipinski definition) is 3. The number of aromatic amines is 1. The fraction of sp³-hybridized carbons (Fsp3) is 0.550. The van der Waals surface area contributed by atoms with Crippen LogP contribution < -0.4 is 0 Å². The van der Waals surface area contributed by atoms with E-state index in [1.807, 2.05) is 29.2 Å². The van der Waals surface area contributed by atoms with Gasteiger partial charge in [0.1, 0.15) is 5.82 Å². The van der Waals surface area contributed by atoms with Gasteiger partial charge in [-0.25, -0.2) is 4.98 Å². The van der Waals surface area contributed by atoms with E-state index in [4.69, 9.17) is 0 Å². The third-order valence-corrected chi connectivity index (χ3v) is 5.67. The Morgan fingerprint density at radius 3 is 2.64 bits per heavy atom. The lowest BCUT2D eigenvalue weighted by atomic mass is 9.91. The van der Waals surface area contributed by atoms with Crippen LogP contribution in [0.25, 0.3) is 11.4 Å². The van der Waals surface area contributed by atoms with E-state index in [1.165, 1.54) is 19.3 Å². The number of rotatable bonds is 4. The summed E-state index contributed by atoms with van der Waals surface area (Å²) in [5.41, 5.74) is 1.71. The normalized spacial score (nSPS) is 23.7. The van der Waals surface area contributed by atoms with E-state index in [9.17, 15) is 4.79 Å². The van der Waals surface area contributed by atoms with Gasteiger partial charge in [-0.05, 0) is 50.7 Å². The largest absolute Gasteiger partial charge is 0.336 e. The van der Waals surface area contributed by atoms with Crippen LogP contribution in [0.4, 0.5) is 0 Å². The molecule has 0 bridgehead atoms. The number of carbonyl (C=O) groups is 1. The van der Waals surface area contributed by atoms with E-state index < -0.39 is 0 Å². The fourth-order valence-electron chi connectivity index (χ4n) is 3.67. The minimum absolute atomic E-state index is 0.144. The van der Waals surface area contributed by atoms with Gasteiger partial charge in [-0.1, -0.05) is 25.5 Å². The zero-order chi connectivity index (χ0) is 17.4. The van der Waals surface area contributed by atoms with Gasteiger partial charge in [0.15, 0.2) is 5.82 Å². The predicted octanol–water partition coefficient (Wildman–Crippen LogP) is 4.00. The number of hydrogen-bond donors (Lipinski definition) is 1. The number of nitrogens with zero attached hydrogens (tertiary/aromatic N) is 3. The molecule has 0 spiro atoms. The summed E-state index contributed by atoms with van der Waals surface area (Å²) in [4.78, 5) is 19.5. The van der Waals surface area contributed by atoms with Gasteiger partial charge in [-0.15, -0.1) is 0 Å². The van der Waals surface area contributed by atoms with Gasteiger partial charge in [0.05, 0.1) is 0 Å². The average molecular weight is 338 g/mol. The van der Waals surface area contributed by atoms with E-state index in [2.05, 4.69) is 29.0 Å². The molecule has 132 valence electrons. The number of benzene rings is 1. The number of carbonyl (C=O) groups excluding carboxylic acids is 1. The minimum atomic E-state index is 0.144. The molecular weight excluding hydrogens is 312 g/mol. The van der Waals surface area contributed by atoms with E-state index in [0.29, 0.717) is 17.9 Å². The molecule has 2 heterocycles.